The monoisotopic (exact) mass is 304 g/mol. The third kappa shape index (κ3) is 3.59. The van der Waals surface area contributed by atoms with Crippen molar-refractivity contribution in [3.05, 3.63) is 29.8 Å². The van der Waals surface area contributed by atoms with Crippen molar-refractivity contribution in [1.82, 2.24) is 10.2 Å². The normalized spacial score (nSPS) is 25.4. The lowest BCUT2D eigenvalue weighted by molar-refractivity contribution is -0.125. The molecule has 0 unspecified atom stereocenters. The second-order valence-electron chi connectivity index (χ2n) is 6.09. The van der Waals surface area contributed by atoms with Crippen molar-refractivity contribution in [3.8, 4) is 5.75 Å². The summed E-state index contributed by atoms with van der Waals surface area (Å²) in [5.74, 6) is 1.01. The number of amides is 1. The molecule has 5 nitrogen and oxygen atoms in total. The average molecular weight is 304 g/mol. The molecule has 2 aliphatic heterocycles. The summed E-state index contributed by atoms with van der Waals surface area (Å²) in [6, 6.07) is 8.26. The summed E-state index contributed by atoms with van der Waals surface area (Å²) in [5, 5.41) is 3.07. The Bertz CT molecular complexity index is 520. The molecule has 0 aromatic heterocycles. The minimum atomic E-state index is -0.0729. The van der Waals surface area contributed by atoms with E-state index >= 15 is 0 Å². The average Bonchev–Trinajstić information content (AvgIpc) is 2.75. The van der Waals surface area contributed by atoms with Crippen LogP contribution in [-0.2, 0) is 16.1 Å². The predicted molar refractivity (Wildman–Crippen MR) is 83.7 cm³/mol. The van der Waals surface area contributed by atoms with Gasteiger partial charge in [-0.3, -0.25) is 9.69 Å². The fraction of sp³-hybridized carbons (Fsp3) is 0.588. The van der Waals surface area contributed by atoms with Crippen molar-refractivity contribution in [2.75, 3.05) is 32.9 Å². The van der Waals surface area contributed by atoms with E-state index in [9.17, 15) is 4.79 Å². The summed E-state index contributed by atoms with van der Waals surface area (Å²) < 4.78 is 11.4. The van der Waals surface area contributed by atoms with E-state index in [-0.39, 0.29) is 17.9 Å². The predicted octanol–water partition coefficient (Wildman–Crippen LogP) is 1.42. The number of benzene rings is 1. The van der Waals surface area contributed by atoms with Gasteiger partial charge in [0.15, 0.2) is 0 Å². The van der Waals surface area contributed by atoms with Crippen LogP contribution in [0.1, 0.15) is 18.9 Å². The van der Waals surface area contributed by atoms with Crippen LogP contribution in [0.25, 0.3) is 0 Å². The molecule has 5 heteroatoms. The first-order valence-corrected chi connectivity index (χ1v) is 8.07. The van der Waals surface area contributed by atoms with E-state index in [0.717, 1.165) is 38.4 Å². The fourth-order valence-corrected chi connectivity index (χ4v) is 3.08. The lowest BCUT2D eigenvalue weighted by atomic mass is 10.1. The largest absolute Gasteiger partial charge is 0.493 e. The number of nitrogens with one attached hydrogen (secondary N) is 1. The molecule has 1 N–H and O–H groups in total. The number of hydrogen-bond acceptors (Lipinski definition) is 4. The van der Waals surface area contributed by atoms with Gasteiger partial charge in [-0.1, -0.05) is 25.1 Å². The molecule has 0 aliphatic carbocycles. The zero-order chi connectivity index (χ0) is 15.4. The maximum Gasteiger partial charge on any atom is 0.227 e. The smallest absolute Gasteiger partial charge is 0.227 e. The van der Waals surface area contributed by atoms with Crippen LogP contribution in [0.2, 0.25) is 0 Å². The van der Waals surface area contributed by atoms with Crippen LogP contribution < -0.4 is 10.1 Å². The Morgan fingerprint density at radius 3 is 3.05 bits per heavy atom. The maximum atomic E-state index is 12.1. The molecule has 1 aromatic rings. The molecular weight excluding hydrogens is 280 g/mol. The van der Waals surface area contributed by atoms with Crippen LogP contribution in [0.3, 0.4) is 0 Å². The van der Waals surface area contributed by atoms with Crippen LogP contribution in [0, 0.1) is 5.92 Å². The van der Waals surface area contributed by atoms with Gasteiger partial charge in [-0.25, -0.2) is 0 Å². The highest BCUT2D eigenvalue weighted by molar-refractivity contribution is 5.79. The first-order valence-electron chi connectivity index (χ1n) is 8.07. The molecular formula is C17H24N2O3. The van der Waals surface area contributed by atoms with E-state index in [1.807, 2.05) is 18.2 Å². The van der Waals surface area contributed by atoms with E-state index in [1.165, 1.54) is 5.56 Å². The molecule has 0 spiro atoms. The Kier molecular flexibility index (Phi) is 4.95. The minimum absolute atomic E-state index is 0.0729. The Balaban J connectivity index is 1.71. The molecule has 2 fully saturated rings. The number of para-hydroxylation sites is 1. The Labute approximate surface area is 131 Å². The van der Waals surface area contributed by atoms with Crippen molar-refractivity contribution in [2.45, 2.75) is 25.9 Å². The van der Waals surface area contributed by atoms with Crippen molar-refractivity contribution < 1.29 is 14.3 Å². The van der Waals surface area contributed by atoms with E-state index in [1.54, 1.807) is 0 Å². The highest BCUT2D eigenvalue weighted by atomic mass is 16.5. The highest BCUT2D eigenvalue weighted by Crippen LogP contribution is 2.22. The van der Waals surface area contributed by atoms with E-state index in [4.69, 9.17) is 9.47 Å². The van der Waals surface area contributed by atoms with Crippen LogP contribution in [0.4, 0.5) is 0 Å². The number of ether oxygens (including phenoxy) is 2. The second kappa shape index (κ2) is 7.11. The third-order valence-electron chi connectivity index (χ3n) is 4.14. The molecule has 1 aromatic carbocycles. The van der Waals surface area contributed by atoms with Crippen LogP contribution in [-0.4, -0.2) is 49.8 Å². The number of fused-ring (bicyclic) bond motifs is 3. The van der Waals surface area contributed by atoms with Gasteiger partial charge in [0, 0.05) is 25.2 Å². The Morgan fingerprint density at radius 1 is 1.32 bits per heavy atom. The molecule has 1 amide bonds. The van der Waals surface area contributed by atoms with Crippen LogP contribution in [0.15, 0.2) is 24.3 Å². The van der Waals surface area contributed by atoms with Crippen molar-refractivity contribution in [2.24, 2.45) is 5.92 Å². The summed E-state index contributed by atoms with van der Waals surface area (Å²) in [5.41, 5.74) is 1.18. The van der Waals surface area contributed by atoms with Crippen LogP contribution in [0.5, 0.6) is 5.75 Å². The van der Waals surface area contributed by atoms with Gasteiger partial charge < -0.3 is 14.8 Å². The topological polar surface area (TPSA) is 50.8 Å². The Morgan fingerprint density at radius 2 is 2.18 bits per heavy atom. The summed E-state index contributed by atoms with van der Waals surface area (Å²) in [4.78, 5) is 14.4. The van der Waals surface area contributed by atoms with Crippen molar-refractivity contribution in [3.63, 3.8) is 0 Å². The van der Waals surface area contributed by atoms with Crippen molar-refractivity contribution >= 4 is 5.91 Å². The quantitative estimate of drug-likeness (QED) is 0.894. The fourth-order valence-electron chi connectivity index (χ4n) is 3.08. The maximum absolute atomic E-state index is 12.1. The van der Waals surface area contributed by atoms with E-state index in [0.29, 0.717) is 13.2 Å². The number of rotatable bonds is 5. The van der Waals surface area contributed by atoms with Gasteiger partial charge in [-0.2, -0.15) is 0 Å². The lowest BCUT2D eigenvalue weighted by Crippen LogP contribution is -2.41. The van der Waals surface area contributed by atoms with Crippen molar-refractivity contribution in [1.29, 1.82) is 0 Å². The van der Waals surface area contributed by atoms with E-state index in [2.05, 4.69) is 23.2 Å². The molecule has 0 radical (unpaired) electrons. The molecule has 3 rings (SSSR count). The zero-order valence-corrected chi connectivity index (χ0v) is 13.1. The molecule has 0 saturated carbocycles. The molecule has 2 saturated heterocycles. The number of carbonyl (C=O) groups is 1. The lowest BCUT2D eigenvalue weighted by Gasteiger charge is -2.28. The summed E-state index contributed by atoms with van der Waals surface area (Å²) in [6.45, 7) is 6.34. The second-order valence-corrected chi connectivity index (χ2v) is 6.09. The minimum Gasteiger partial charge on any atom is -0.493 e. The van der Waals surface area contributed by atoms with Crippen LogP contribution >= 0.6 is 0 Å². The van der Waals surface area contributed by atoms with Gasteiger partial charge in [0.05, 0.1) is 31.8 Å². The third-order valence-corrected chi connectivity index (χ3v) is 4.14. The first-order chi connectivity index (χ1) is 10.8. The van der Waals surface area contributed by atoms with Gasteiger partial charge >= 0.3 is 0 Å². The number of hydrogen-bond donors (Lipinski definition) is 1. The zero-order valence-electron chi connectivity index (χ0n) is 13.1. The molecule has 2 atom stereocenters. The molecule has 2 heterocycles. The summed E-state index contributed by atoms with van der Waals surface area (Å²) in [7, 11) is 0. The van der Waals surface area contributed by atoms with Gasteiger partial charge in [-0.05, 0) is 12.5 Å². The standard InChI is InChI=1S/C17H24N2O3/c1-2-7-22-16-6-4-3-5-13(16)8-19-9-14-11-21-12-15(10-19)18-17(14)20/h3-6,14-15H,2,7-12H2,1H3,(H,18,20)/t14-,15+/m1/s1. The number of carbonyl (C=O) groups excluding carboxylic acids is 1. The molecule has 2 bridgehead atoms. The van der Waals surface area contributed by atoms with Gasteiger partial charge in [-0.15, -0.1) is 0 Å². The molecule has 2 aliphatic rings. The SMILES string of the molecule is CCCOc1ccccc1CN1C[C@H]2COC[C@@H](C1)C(=O)N2. The molecule has 120 valence electrons. The molecule has 22 heavy (non-hydrogen) atoms. The Hall–Kier alpha value is -1.59. The first kappa shape index (κ1) is 15.3. The highest BCUT2D eigenvalue weighted by Gasteiger charge is 2.33. The van der Waals surface area contributed by atoms with Gasteiger partial charge in [0.25, 0.3) is 0 Å². The van der Waals surface area contributed by atoms with Gasteiger partial charge in [0.1, 0.15) is 5.75 Å². The number of nitrogens with zero attached hydrogens (tertiary/aromatic N) is 1. The summed E-state index contributed by atoms with van der Waals surface area (Å²) >= 11 is 0. The summed E-state index contributed by atoms with van der Waals surface area (Å²) in [6.07, 6.45) is 0.998. The van der Waals surface area contributed by atoms with E-state index < -0.39 is 0 Å². The van der Waals surface area contributed by atoms with Gasteiger partial charge in [0.2, 0.25) is 5.91 Å².